The number of nitrogens with one attached hydrogen (secondary N) is 1. The monoisotopic (exact) mass is 387 g/mol. The summed E-state index contributed by atoms with van der Waals surface area (Å²) in [5, 5.41) is 2.56. The molecule has 1 atom stereocenters. The van der Waals surface area contributed by atoms with Crippen molar-refractivity contribution in [3.05, 3.63) is 23.8 Å². The van der Waals surface area contributed by atoms with Crippen LogP contribution in [-0.2, 0) is 24.2 Å². The number of anilines is 1. The number of rotatable bonds is 7. The van der Waals surface area contributed by atoms with Gasteiger partial charge in [-0.3, -0.25) is 9.59 Å². The Hall–Kier alpha value is -1.74. The summed E-state index contributed by atoms with van der Waals surface area (Å²) in [7, 11) is -1.46. The molecule has 138 valence electrons. The molecule has 1 heterocycles. The second-order valence-corrected chi connectivity index (χ2v) is 9.27. The van der Waals surface area contributed by atoms with Gasteiger partial charge < -0.3 is 14.8 Å². The Labute approximate surface area is 151 Å². The third-order valence-corrected chi connectivity index (χ3v) is 6.88. The van der Waals surface area contributed by atoms with Crippen molar-refractivity contribution in [3.63, 3.8) is 0 Å². The summed E-state index contributed by atoms with van der Waals surface area (Å²) in [5.41, 5.74) is 1.46. The molecule has 0 aliphatic carbocycles. The summed E-state index contributed by atoms with van der Waals surface area (Å²) in [6.45, 7) is 1.48. The molecule has 2 rings (SSSR count). The Morgan fingerprint density at radius 3 is 2.76 bits per heavy atom. The van der Waals surface area contributed by atoms with E-state index in [2.05, 4.69) is 5.32 Å². The maximum atomic E-state index is 11.9. The maximum absolute atomic E-state index is 11.9. The van der Waals surface area contributed by atoms with Gasteiger partial charge in [0, 0.05) is 5.25 Å². The number of ether oxygens (including phenoxy) is 2. The summed E-state index contributed by atoms with van der Waals surface area (Å²) in [6.07, 6.45) is 0.550. The predicted octanol–water partition coefficient (Wildman–Crippen LogP) is 1.41. The number of methoxy groups -OCH3 is 1. The summed E-state index contributed by atoms with van der Waals surface area (Å²) < 4.78 is 32.8. The fourth-order valence-corrected chi connectivity index (χ4v) is 5.81. The lowest BCUT2D eigenvalue weighted by molar-refractivity contribution is -0.144. The zero-order valence-corrected chi connectivity index (χ0v) is 15.7. The fraction of sp³-hybridized carbons (Fsp3) is 0.500. The third-order valence-electron chi connectivity index (χ3n) is 3.62. The van der Waals surface area contributed by atoms with Crippen LogP contribution < -0.4 is 10.1 Å². The van der Waals surface area contributed by atoms with E-state index in [0.29, 0.717) is 17.9 Å². The molecular formula is C16H21NO6S2. The lowest BCUT2D eigenvalue weighted by Gasteiger charge is -2.11. The number of hydrogen-bond acceptors (Lipinski definition) is 7. The minimum Gasteiger partial charge on any atom is -0.495 e. The van der Waals surface area contributed by atoms with Gasteiger partial charge in [0.25, 0.3) is 5.91 Å². The van der Waals surface area contributed by atoms with E-state index in [1.54, 1.807) is 12.1 Å². The Morgan fingerprint density at radius 2 is 2.12 bits per heavy atom. The first kappa shape index (κ1) is 19.6. The van der Waals surface area contributed by atoms with Gasteiger partial charge in [-0.25, -0.2) is 8.42 Å². The van der Waals surface area contributed by atoms with Crippen molar-refractivity contribution in [2.45, 2.75) is 18.6 Å². The molecular weight excluding hydrogens is 366 g/mol. The summed E-state index contributed by atoms with van der Waals surface area (Å²) in [6, 6.07) is 5.35. The molecule has 0 spiro atoms. The molecule has 0 bridgehead atoms. The van der Waals surface area contributed by atoms with Gasteiger partial charge in [-0.15, -0.1) is 11.8 Å². The summed E-state index contributed by atoms with van der Waals surface area (Å²) in [5.74, 6) is -0.199. The molecule has 1 saturated heterocycles. The molecule has 0 saturated carbocycles. The lowest BCUT2D eigenvalue weighted by atomic mass is 10.2. The van der Waals surface area contributed by atoms with Gasteiger partial charge in [0.1, 0.15) is 5.75 Å². The minimum absolute atomic E-state index is 0.0290. The highest BCUT2D eigenvalue weighted by Crippen LogP contribution is 2.25. The van der Waals surface area contributed by atoms with Crippen LogP contribution in [0.4, 0.5) is 5.69 Å². The molecule has 1 aliphatic rings. The molecule has 0 aromatic heterocycles. The van der Waals surface area contributed by atoms with E-state index in [1.165, 1.54) is 18.9 Å². The molecule has 1 aliphatic heterocycles. The molecule has 1 aromatic rings. The van der Waals surface area contributed by atoms with Crippen LogP contribution >= 0.6 is 11.8 Å². The Kier molecular flexibility index (Phi) is 6.71. The van der Waals surface area contributed by atoms with E-state index in [-0.39, 0.29) is 22.5 Å². The largest absolute Gasteiger partial charge is 0.495 e. The number of benzene rings is 1. The van der Waals surface area contributed by atoms with Gasteiger partial charge in [-0.2, -0.15) is 0 Å². The van der Waals surface area contributed by atoms with Crippen molar-refractivity contribution in [2.75, 3.05) is 36.3 Å². The first-order valence-corrected chi connectivity index (χ1v) is 10.6. The van der Waals surface area contributed by atoms with Crippen molar-refractivity contribution in [1.82, 2.24) is 0 Å². The third kappa shape index (κ3) is 6.24. The van der Waals surface area contributed by atoms with Crippen LogP contribution in [0.15, 0.2) is 18.2 Å². The number of hydrogen-bond donors (Lipinski definition) is 1. The van der Waals surface area contributed by atoms with Crippen LogP contribution in [0.25, 0.3) is 0 Å². The van der Waals surface area contributed by atoms with Crippen molar-refractivity contribution in [1.29, 1.82) is 0 Å². The minimum atomic E-state index is -2.96. The maximum Gasteiger partial charge on any atom is 0.316 e. The standard InChI is InChI=1S/C16H21NO6S2/c1-11-3-4-14(22-2)13(7-11)17-15(18)8-23-16(19)9-24-12-5-6-25(20,21)10-12/h3-4,7,12H,5-6,8-10H2,1-2H3,(H,17,18)/t12-/m0/s1. The lowest BCUT2D eigenvalue weighted by Crippen LogP contribution is -2.22. The second-order valence-electron chi connectivity index (χ2n) is 5.75. The summed E-state index contributed by atoms with van der Waals surface area (Å²) in [4.78, 5) is 23.6. The van der Waals surface area contributed by atoms with E-state index in [4.69, 9.17) is 9.47 Å². The molecule has 1 aromatic carbocycles. The second kappa shape index (κ2) is 8.57. The smallest absolute Gasteiger partial charge is 0.316 e. The molecule has 0 radical (unpaired) electrons. The molecule has 7 nitrogen and oxygen atoms in total. The topological polar surface area (TPSA) is 98.8 Å². The van der Waals surface area contributed by atoms with E-state index in [0.717, 1.165) is 5.56 Å². The first-order chi connectivity index (χ1) is 11.8. The average molecular weight is 387 g/mol. The zero-order chi connectivity index (χ0) is 18.4. The van der Waals surface area contributed by atoms with Crippen molar-refractivity contribution in [2.24, 2.45) is 0 Å². The Morgan fingerprint density at radius 1 is 1.36 bits per heavy atom. The number of carbonyl (C=O) groups excluding carboxylic acids is 2. The summed E-state index contributed by atoms with van der Waals surface area (Å²) >= 11 is 1.25. The van der Waals surface area contributed by atoms with Gasteiger partial charge in [0.05, 0.1) is 30.1 Å². The van der Waals surface area contributed by atoms with Crippen LogP contribution in [0.3, 0.4) is 0 Å². The van der Waals surface area contributed by atoms with Crippen LogP contribution in [0, 0.1) is 6.92 Å². The number of aryl methyl sites for hydroxylation is 1. The molecule has 1 N–H and O–H groups in total. The van der Waals surface area contributed by atoms with Gasteiger partial charge in [0.15, 0.2) is 16.4 Å². The highest BCUT2D eigenvalue weighted by molar-refractivity contribution is 8.02. The molecule has 25 heavy (non-hydrogen) atoms. The number of thioether (sulfide) groups is 1. The van der Waals surface area contributed by atoms with E-state index in [1.807, 2.05) is 13.0 Å². The van der Waals surface area contributed by atoms with Crippen molar-refractivity contribution >= 4 is 39.2 Å². The van der Waals surface area contributed by atoms with Crippen LogP contribution in [-0.4, -0.2) is 56.5 Å². The Bertz CT molecular complexity index is 747. The highest BCUT2D eigenvalue weighted by atomic mass is 32.2. The van der Waals surface area contributed by atoms with Gasteiger partial charge in [-0.05, 0) is 31.0 Å². The SMILES string of the molecule is COc1ccc(C)cc1NC(=O)COC(=O)CS[C@H]1CCS(=O)(=O)C1. The van der Waals surface area contributed by atoms with E-state index in [9.17, 15) is 18.0 Å². The highest BCUT2D eigenvalue weighted by Gasteiger charge is 2.28. The number of carbonyl (C=O) groups is 2. The molecule has 1 fully saturated rings. The number of sulfone groups is 1. The van der Waals surface area contributed by atoms with Crippen LogP contribution in [0.1, 0.15) is 12.0 Å². The van der Waals surface area contributed by atoms with E-state index < -0.39 is 28.3 Å². The fourth-order valence-electron chi connectivity index (χ4n) is 2.37. The normalized spacial score (nSPS) is 18.6. The van der Waals surface area contributed by atoms with Crippen molar-refractivity contribution in [3.8, 4) is 5.75 Å². The van der Waals surface area contributed by atoms with Gasteiger partial charge >= 0.3 is 5.97 Å². The molecule has 1 amide bonds. The number of esters is 1. The molecule has 0 unspecified atom stereocenters. The van der Waals surface area contributed by atoms with Crippen molar-refractivity contribution < 1.29 is 27.5 Å². The number of amides is 1. The molecule has 9 heteroatoms. The average Bonchev–Trinajstić information content (AvgIpc) is 2.90. The first-order valence-electron chi connectivity index (χ1n) is 7.71. The Balaban J connectivity index is 1.74. The zero-order valence-electron chi connectivity index (χ0n) is 14.1. The van der Waals surface area contributed by atoms with Gasteiger partial charge in [-0.1, -0.05) is 6.07 Å². The van der Waals surface area contributed by atoms with E-state index >= 15 is 0 Å². The predicted molar refractivity (Wildman–Crippen MR) is 96.8 cm³/mol. The van der Waals surface area contributed by atoms with Gasteiger partial charge in [0.2, 0.25) is 0 Å². The van der Waals surface area contributed by atoms with Crippen LogP contribution in [0.5, 0.6) is 5.75 Å². The quantitative estimate of drug-likeness (QED) is 0.706. The van der Waals surface area contributed by atoms with Crippen LogP contribution in [0.2, 0.25) is 0 Å².